The maximum Gasteiger partial charge on any atom is 0.0958 e. The van der Waals surface area contributed by atoms with E-state index < -0.39 is 0 Å². The maximum atomic E-state index is 4.44. The smallest absolute Gasteiger partial charge is 0.0958 e. The predicted octanol–water partition coefficient (Wildman–Crippen LogP) is 2.60. The molecule has 0 fully saturated rings. The van der Waals surface area contributed by atoms with Crippen LogP contribution in [-0.4, -0.2) is 22.1 Å². The van der Waals surface area contributed by atoms with E-state index in [1.807, 2.05) is 6.33 Å². The van der Waals surface area contributed by atoms with Crippen LogP contribution in [0.1, 0.15) is 26.3 Å². The number of nitrogens with one attached hydrogen (secondary N) is 1. The molecule has 0 unspecified atom stereocenters. The Morgan fingerprint density at radius 3 is 2.88 bits per heavy atom. The molecule has 3 nitrogen and oxygen atoms in total. The normalized spacial score (nSPS) is 11.5. The lowest BCUT2D eigenvalue weighted by Crippen LogP contribution is -2.24. The standard InChI is InChI=1S/C14H21N3/c1-4-17-10-16-13-9-12(5-6-14(13)17)7-8-15-11(2)3/h5-6,9-11,15H,4,7-8H2,1-3H3. The van der Waals surface area contributed by atoms with Crippen LogP contribution in [0.25, 0.3) is 11.0 Å². The molecule has 0 aliphatic rings. The van der Waals surface area contributed by atoms with Gasteiger partial charge in [-0.15, -0.1) is 0 Å². The number of imidazole rings is 1. The number of aromatic nitrogens is 2. The second-order valence-corrected chi connectivity index (χ2v) is 4.71. The molecule has 0 aliphatic heterocycles. The highest BCUT2D eigenvalue weighted by atomic mass is 15.0. The van der Waals surface area contributed by atoms with Gasteiger partial charge in [-0.2, -0.15) is 0 Å². The summed E-state index contributed by atoms with van der Waals surface area (Å²) < 4.78 is 2.17. The SMILES string of the molecule is CCn1cnc2cc(CCNC(C)C)ccc21. The lowest BCUT2D eigenvalue weighted by molar-refractivity contribution is 0.590. The summed E-state index contributed by atoms with van der Waals surface area (Å²) in [5, 5.41) is 3.43. The average Bonchev–Trinajstić information content (AvgIpc) is 2.70. The van der Waals surface area contributed by atoms with Crippen LogP contribution in [0.4, 0.5) is 0 Å². The number of rotatable bonds is 5. The Morgan fingerprint density at radius 1 is 1.35 bits per heavy atom. The summed E-state index contributed by atoms with van der Waals surface area (Å²) in [4.78, 5) is 4.44. The molecule has 0 radical (unpaired) electrons. The highest BCUT2D eigenvalue weighted by molar-refractivity contribution is 5.76. The first-order chi connectivity index (χ1) is 8.20. The van der Waals surface area contributed by atoms with Crippen LogP contribution in [0.5, 0.6) is 0 Å². The number of hydrogen-bond acceptors (Lipinski definition) is 2. The summed E-state index contributed by atoms with van der Waals surface area (Å²) in [6, 6.07) is 7.14. The molecule has 3 heteroatoms. The molecule has 0 amide bonds. The summed E-state index contributed by atoms with van der Waals surface area (Å²) in [6.07, 6.45) is 2.98. The van der Waals surface area contributed by atoms with Gasteiger partial charge in [-0.3, -0.25) is 0 Å². The van der Waals surface area contributed by atoms with E-state index in [0.29, 0.717) is 6.04 Å². The number of nitrogens with zero attached hydrogens (tertiary/aromatic N) is 2. The van der Waals surface area contributed by atoms with Crippen molar-refractivity contribution in [3.8, 4) is 0 Å². The van der Waals surface area contributed by atoms with E-state index in [0.717, 1.165) is 25.0 Å². The van der Waals surface area contributed by atoms with Crippen molar-refractivity contribution in [2.75, 3.05) is 6.54 Å². The molecular formula is C14H21N3. The van der Waals surface area contributed by atoms with Gasteiger partial charge in [-0.25, -0.2) is 4.98 Å². The van der Waals surface area contributed by atoms with Crippen molar-refractivity contribution >= 4 is 11.0 Å². The van der Waals surface area contributed by atoms with Crippen LogP contribution in [-0.2, 0) is 13.0 Å². The summed E-state index contributed by atoms with van der Waals surface area (Å²) in [5.41, 5.74) is 3.69. The summed E-state index contributed by atoms with van der Waals surface area (Å²) in [6.45, 7) is 8.49. The van der Waals surface area contributed by atoms with E-state index >= 15 is 0 Å². The van der Waals surface area contributed by atoms with Crippen LogP contribution in [0.3, 0.4) is 0 Å². The largest absolute Gasteiger partial charge is 0.331 e. The van der Waals surface area contributed by atoms with Crippen molar-refractivity contribution in [2.45, 2.75) is 39.8 Å². The third-order valence-corrected chi connectivity index (χ3v) is 2.99. The third kappa shape index (κ3) is 2.86. The van der Waals surface area contributed by atoms with Gasteiger partial charge in [-0.1, -0.05) is 19.9 Å². The van der Waals surface area contributed by atoms with Crippen molar-refractivity contribution in [3.05, 3.63) is 30.1 Å². The molecule has 2 rings (SSSR count). The van der Waals surface area contributed by atoms with Crippen molar-refractivity contribution in [3.63, 3.8) is 0 Å². The third-order valence-electron chi connectivity index (χ3n) is 2.99. The number of hydrogen-bond donors (Lipinski definition) is 1. The van der Waals surface area contributed by atoms with Crippen molar-refractivity contribution in [1.82, 2.24) is 14.9 Å². The fourth-order valence-electron chi connectivity index (χ4n) is 2.02. The molecule has 0 saturated carbocycles. The molecule has 1 N–H and O–H groups in total. The second kappa shape index (κ2) is 5.32. The Labute approximate surface area is 103 Å². The lowest BCUT2D eigenvalue weighted by atomic mass is 10.1. The Kier molecular flexibility index (Phi) is 3.79. The van der Waals surface area contributed by atoms with E-state index in [1.165, 1.54) is 11.1 Å². The molecule has 1 heterocycles. The lowest BCUT2D eigenvalue weighted by Gasteiger charge is -2.07. The zero-order valence-electron chi connectivity index (χ0n) is 10.9. The van der Waals surface area contributed by atoms with E-state index in [2.05, 4.69) is 53.8 Å². The van der Waals surface area contributed by atoms with Crippen molar-refractivity contribution in [1.29, 1.82) is 0 Å². The van der Waals surface area contributed by atoms with E-state index in [1.54, 1.807) is 0 Å². The van der Waals surface area contributed by atoms with E-state index in [-0.39, 0.29) is 0 Å². The highest BCUT2D eigenvalue weighted by Crippen LogP contribution is 2.15. The van der Waals surface area contributed by atoms with Crippen LogP contribution in [0.2, 0.25) is 0 Å². The minimum atomic E-state index is 0.554. The Bertz CT molecular complexity index is 485. The van der Waals surface area contributed by atoms with Gasteiger partial charge in [0.1, 0.15) is 0 Å². The van der Waals surface area contributed by atoms with Crippen LogP contribution in [0.15, 0.2) is 24.5 Å². The van der Waals surface area contributed by atoms with Gasteiger partial charge < -0.3 is 9.88 Å². The summed E-state index contributed by atoms with van der Waals surface area (Å²) >= 11 is 0. The number of benzene rings is 1. The minimum absolute atomic E-state index is 0.554. The second-order valence-electron chi connectivity index (χ2n) is 4.71. The van der Waals surface area contributed by atoms with Gasteiger partial charge in [0.25, 0.3) is 0 Å². The van der Waals surface area contributed by atoms with E-state index in [4.69, 9.17) is 0 Å². The fourth-order valence-corrected chi connectivity index (χ4v) is 2.02. The highest BCUT2D eigenvalue weighted by Gasteiger charge is 2.02. The molecule has 0 spiro atoms. The zero-order chi connectivity index (χ0) is 12.3. The summed E-state index contributed by atoms with van der Waals surface area (Å²) in [5.74, 6) is 0. The number of aryl methyl sites for hydroxylation is 1. The van der Waals surface area contributed by atoms with Gasteiger partial charge in [0.05, 0.1) is 17.4 Å². The van der Waals surface area contributed by atoms with Crippen LogP contribution < -0.4 is 5.32 Å². The first kappa shape index (κ1) is 12.1. The molecule has 1 aromatic carbocycles. The van der Waals surface area contributed by atoms with Gasteiger partial charge in [0.15, 0.2) is 0 Å². The molecule has 0 saturated heterocycles. The van der Waals surface area contributed by atoms with Gasteiger partial charge in [0, 0.05) is 12.6 Å². The molecule has 2 aromatic rings. The quantitative estimate of drug-likeness (QED) is 0.857. The van der Waals surface area contributed by atoms with Crippen molar-refractivity contribution in [2.24, 2.45) is 0 Å². The Hall–Kier alpha value is -1.35. The first-order valence-electron chi connectivity index (χ1n) is 6.38. The zero-order valence-corrected chi connectivity index (χ0v) is 10.9. The molecule has 17 heavy (non-hydrogen) atoms. The van der Waals surface area contributed by atoms with Gasteiger partial charge in [-0.05, 0) is 37.6 Å². The summed E-state index contributed by atoms with van der Waals surface area (Å²) in [7, 11) is 0. The Morgan fingerprint density at radius 2 is 2.18 bits per heavy atom. The molecule has 92 valence electrons. The topological polar surface area (TPSA) is 29.9 Å². The average molecular weight is 231 g/mol. The first-order valence-corrected chi connectivity index (χ1v) is 6.38. The molecule has 0 atom stereocenters. The van der Waals surface area contributed by atoms with Gasteiger partial charge >= 0.3 is 0 Å². The molecule has 1 aromatic heterocycles. The fraction of sp³-hybridized carbons (Fsp3) is 0.500. The van der Waals surface area contributed by atoms with E-state index in [9.17, 15) is 0 Å². The minimum Gasteiger partial charge on any atom is -0.331 e. The monoisotopic (exact) mass is 231 g/mol. The van der Waals surface area contributed by atoms with Crippen molar-refractivity contribution < 1.29 is 0 Å². The Balaban J connectivity index is 2.10. The maximum absolute atomic E-state index is 4.44. The van der Waals surface area contributed by atoms with Crippen LogP contribution >= 0.6 is 0 Å². The van der Waals surface area contributed by atoms with Gasteiger partial charge in [0.2, 0.25) is 0 Å². The molecule has 0 bridgehead atoms. The van der Waals surface area contributed by atoms with Crippen LogP contribution in [0, 0.1) is 0 Å². The molecule has 0 aliphatic carbocycles. The molecular weight excluding hydrogens is 210 g/mol. The number of fused-ring (bicyclic) bond motifs is 1. The predicted molar refractivity (Wildman–Crippen MR) is 72.2 cm³/mol.